The molecule has 4 N–H and O–H groups in total. The summed E-state index contributed by atoms with van der Waals surface area (Å²) in [7, 11) is 1.42. The van der Waals surface area contributed by atoms with Crippen LogP contribution in [0.1, 0.15) is 79.1 Å². The van der Waals surface area contributed by atoms with Crippen molar-refractivity contribution < 1.29 is 70.0 Å². The maximum atomic E-state index is 13.5. The number of nitrogens with one attached hydrogen (secondary N) is 4. The number of unbranched alkanes of at least 4 members (excludes halogenated alkanes) is 4. The van der Waals surface area contributed by atoms with E-state index in [9.17, 15) is 41.5 Å². The Labute approximate surface area is 308 Å². The van der Waals surface area contributed by atoms with E-state index in [0.29, 0.717) is 32.2 Å². The summed E-state index contributed by atoms with van der Waals surface area (Å²) in [5, 5.41) is 10.1. The second-order valence-corrected chi connectivity index (χ2v) is 13.5. The van der Waals surface area contributed by atoms with Gasteiger partial charge in [-0.15, -0.1) is 0 Å². The van der Waals surface area contributed by atoms with E-state index < -0.39 is 68.4 Å². The van der Waals surface area contributed by atoms with Crippen molar-refractivity contribution in [2.24, 2.45) is 10.8 Å². The third-order valence-corrected chi connectivity index (χ3v) is 7.41. The van der Waals surface area contributed by atoms with Crippen LogP contribution in [0.2, 0.25) is 0 Å². The van der Waals surface area contributed by atoms with Crippen LogP contribution in [0.15, 0.2) is 12.2 Å². The zero-order chi connectivity index (χ0) is 40.3. The number of carbonyl (C=O) groups is 5. The number of rotatable bonds is 22. The Hall–Kier alpha value is -4.03. The highest BCUT2D eigenvalue weighted by Crippen LogP contribution is 2.45. The Morgan fingerprint density at radius 3 is 1.87 bits per heavy atom. The molecule has 0 bridgehead atoms. The number of amides is 4. The standard InChI is InChI=1S/C30H50F3N3O9.C4H8FNO2/c1-22(2)24(37)41-16-12-34-25(38)42-13-9-7-6-8-10-14-43-26(39)35-20-29(5)18-23(17-28(3,4)19-29)36-27(40)44-21-30(32,33)45-15-11-31;1-6-4(7)8-3-2-5/h23H,1,6-21H2,2-5H3,(H,34,38)(H,35,39)(H,36,40);2-3H2,1H3,(H,6,7). The maximum absolute atomic E-state index is 13.5. The highest BCUT2D eigenvalue weighted by atomic mass is 19.3. The van der Waals surface area contributed by atoms with Crippen molar-refractivity contribution in [1.82, 2.24) is 21.3 Å². The van der Waals surface area contributed by atoms with E-state index in [-0.39, 0.29) is 50.0 Å². The summed E-state index contributed by atoms with van der Waals surface area (Å²) in [6.07, 6.45) is -0.813. The van der Waals surface area contributed by atoms with Crippen LogP contribution < -0.4 is 21.3 Å². The minimum atomic E-state index is -3.78. The molecular formula is C34H58F4N4O11. The molecule has 1 aliphatic carbocycles. The summed E-state index contributed by atoms with van der Waals surface area (Å²) < 4.78 is 78.3. The molecule has 0 aromatic heterocycles. The van der Waals surface area contributed by atoms with Gasteiger partial charge in [0.15, 0.2) is 6.61 Å². The van der Waals surface area contributed by atoms with Crippen LogP contribution in [0.25, 0.3) is 0 Å². The lowest BCUT2D eigenvalue weighted by atomic mass is 9.62. The predicted octanol–water partition coefficient (Wildman–Crippen LogP) is 5.71. The number of alkyl halides is 4. The summed E-state index contributed by atoms with van der Waals surface area (Å²) in [6.45, 7) is 7.99. The molecule has 19 heteroatoms. The van der Waals surface area contributed by atoms with Gasteiger partial charge in [0.25, 0.3) is 0 Å². The number of hydrogen-bond donors (Lipinski definition) is 4. The SMILES string of the molecule is C=C(C)C(=O)OCCNC(=O)OCCCCCCCOC(=O)NCC1(C)CC(NC(=O)OCC(F)(F)OCCF)CC(C)(C)C1.CNC(=O)OCCF. The van der Waals surface area contributed by atoms with Crippen molar-refractivity contribution >= 4 is 30.3 Å². The summed E-state index contributed by atoms with van der Waals surface area (Å²) in [5.74, 6) is -0.517. The van der Waals surface area contributed by atoms with Gasteiger partial charge >= 0.3 is 36.5 Å². The Morgan fingerprint density at radius 1 is 0.736 bits per heavy atom. The maximum Gasteiger partial charge on any atom is 0.407 e. The van der Waals surface area contributed by atoms with Crippen LogP contribution in [0.3, 0.4) is 0 Å². The van der Waals surface area contributed by atoms with Crippen LogP contribution >= 0.6 is 0 Å². The zero-order valence-electron chi connectivity index (χ0n) is 31.5. The van der Waals surface area contributed by atoms with E-state index in [4.69, 9.17) is 14.2 Å². The van der Waals surface area contributed by atoms with Crippen LogP contribution in [-0.4, -0.2) is 116 Å². The lowest BCUT2D eigenvalue weighted by molar-refractivity contribution is -0.257. The largest absolute Gasteiger partial charge is 0.460 e. The van der Waals surface area contributed by atoms with Crippen LogP contribution in [0, 0.1) is 10.8 Å². The minimum absolute atomic E-state index is 0.0320. The lowest BCUT2D eigenvalue weighted by Crippen LogP contribution is -2.50. The molecule has 53 heavy (non-hydrogen) atoms. The molecule has 0 spiro atoms. The van der Waals surface area contributed by atoms with E-state index in [1.807, 2.05) is 20.8 Å². The lowest BCUT2D eigenvalue weighted by Gasteiger charge is -2.46. The topological polar surface area (TPSA) is 189 Å². The number of esters is 1. The minimum Gasteiger partial charge on any atom is -0.460 e. The number of ether oxygens (including phenoxy) is 6. The molecule has 1 saturated carbocycles. The van der Waals surface area contributed by atoms with Crippen molar-refractivity contribution in [3.63, 3.8) is 0 Å². The van der Waals surface area contributed by atoms with Gasteiger partial charge in [-0.05, 0) is 49.9 Å². The van der Waals surface area contributed by atoms with Gasteiger partial charge in [0, 0.05) is 25.2 Å². The number of halogens is 4. The third kappa shape index (κ3) is 26.4. The quantitative estimate of drug-likeness (QED) is 0.0347. The van der Waals surface area contributed by atoms with Crippen LogP contribution in [-0.2, 0) is 33.2 Å². The molecule has 0 aromatic rings. The molecule has 308 valence electrons. The van der Waals surface area contributed by atoms with Crippen molar-refractivity contribution in [2.45, 2.75) is 91.2 Å². The van der Waals surface area contributed by atoms with E-state index in [2.05, 4.69) is 42.1 Å². The summed E-state index contributed by atoms with van der Waals surface area (Å²) in [4.78, 5) is 57.3. The molecule has 1 rings (SSSR count). The molecule has 2 unspecified atom stereocenters. The molecule has 0 aliphatic heterocycles. The van der Waals surface area contributed by atoms with Crippen molar-refractivity contribution in [1.29, 1.82) is 0 Å². The molecule has 0 saturated heterocycles. The fourth-order valence-corrected chi connectivity index (χ4v) is 5.53. The first-order chi connectivity index (χ1) is 24.9. The van der Waals surface area contributed by atoms with Gasteiger partial charge in [-0.2, -0.15) is 8.78 Å². The van der Waals surface area contributed by atoms with Gasteiger partial charge in [0.05, 0.1) is 26.4 Å². The van der Waals surface area contributed by atoms with Gasteiger partial charge in [-0.1, -0.05) is 46.6 Å². The number of carbonyl (C=O) groups excluding carboxylic acids is 5. The molecule has 15 nitrogen and oxygen atoms in total. The van der Waals surface area contributed by atoms with E-state index >= 15 is 0 Å². The van der Waals surface area contributed by atoms with E-state index in [1.165, 1.54) is 14.0 Å². The third-order valence-electron chi connectivity index (χ3n) is 7.41. The molecule has 1 fully saturated rings. The Bertz CT molecular complexity index is 1130. The van der Waals surface area contributed by atoms with Crippen molar-refractivity contribution in [2.75, 3.05) is 73.1 Å². The highest BCUT2D eigenvalue weighted by Gasteiger charge is 2.42. The van der Waals surface area contributed by atoms with Crippen LogP contribution in [0.4, 0.5) is 36.7 Å². The Balaban J connectivity index is 0.00000301. The molecule has 0 heterocycles. The summed E-state index contributed by atoms with van der Waals surface area (Å²) >= 11 is 0. The van der Waals surface area contributed by atoms with Crippen molar-refractivity contribution in [3.8, 4) is 0 Å². The average Bonchev–Trinajstić information content (AvgIpc) is 3.08. The second-order valence-electron chi connectivity index (χ2n) is 13.5. The fraction of sp³-hybridized carbons (Fsp3) is 0.794. The molecule has 4 amide bonds. The van der Waals surface area contributed by atoms with E-state index in [0.717, 1.165) is 25.7 Å². The summed E-state index contributed by atoms with van der Waals surface area (Å²) in [6, 6.07) is -0.373. The predicted molar refractivity (Wildman–Crippen MR) is 185 cm³/mol. The van der Waals surface area contributed by atoms with Gasteiger partial charge in [0.2, 0.25) is 0 Å². The van der Waals surface area contributed by atoms with E-state index in [1.54, 1.807) is 0 Å². The van der Waals surface area contributed by atoms with Gasteiger partial charge in [0.1, 0.15) is 26.6 Å². The average molecular weight is 775 g/mol. The highest BCUT2D eigenvalue weighted by molar-refractivity contribution is 5.86. The smallest absolute Gasteiger partial charge is 0.407 e. The monoisotopic (exact) mass is 774 g/mol. The van der Waals surface area contributed by atoms with Crippen molar-refractivity contribution in [3.05, 3.63) is 12.2 Å². The number of alkyl carbamates (subject to hydrolysis) is 4. The Kier molecular flexibility index (Phi) is 24.7. The molecule has 2 atom stereocenters. The Morgan fingerprint density at radius 2 is 1.30 bits per heavy atom. The van der Waals surface area contributed by atoms with Gasteiger partial charge in [-0.25, -0.2) is 32.8 Å². The van der Waals surface area contributed by atoms with Gasteiger partial charge < -0.3 is 49.7 Å². The normalized spacial score (nSPS) is 17.5. The number of hydrogen-bond acceptors (Lipinski definition) is 11. The first-order valence-electron chi connectivity index (χ1n) is 17.4. The zero-order valence-corrected chi connectivity index (χ0v) is 31.5. The first kappa shape index (κ1) is 49.0. The second kappa shape index (κ2) is 26.7. The van der Waals surface area contributed by atoms with Crippen LogP contribution in [0.5, 0.6) is 0 Å². The first-order valence-corrected chi connectivity index (χ1v) is 17.4. The van der Waals surface area contributed by atoms with Gasteiger partial charge in [-0.3, -0.25) is 0 Å². The molecule has 1 aliphatic rings. The molecule has 0 aromatic carbocycles. The summed E-state index contributed by atoms with van der Waals surface area (Å²) in [5.41, 5.74) is -0.324. The molecule has 0 radical (unpaired) electrons. The fourth-order valence-electron chi connectivity index (χ4n) is 5.53. The molecular weight excluding hydrogens is 716 g/mol.